The van der Waals surface area contributed by atoms with Crippen LogP contribution in [0.5, 0.6) is 5.88 Å². The van der Waals surface area contributed by atoms with Gasteiger partial charge >= 0.3 is 0 Å². The first-order valence-corrected chi connectivity index (χ1v) is 15.4. The van der Waals surface area contributed by atoms with Gasteiger partial charge in [0.15, 0.2) is 11.6 Å². The second-order valence-electron chi connectivity index (χ2n) is 11.6. The van der Waals surface area contributed by atoms with Gasteiger partial charge in [-0.2, -0.15) is 0 Å². The molecule has 0 unspecified atom stereocenters. The lowest BCUT2D eigenvalue weighted by Crippen LogP contribution is -2.19. The number of fused-ring (bicyclic) bond motifs is 1. The first kappa shape index (κ1) is 31.7. The standard InChI is InChI=1S/C36H33F3N6O2/c1-22(40)31-18-24(9-10-32(31)39)29-7-4-11-43-35(29)25(14-23-15-26(37)19-27(38)16-23)17-28(46)20-45-33-8-3-2-6-30(33)36(44-45)47-21-34-41-12-5-13-42-34/h4-5,7,9-13,15-16,18-19,25H,1-3,6,8,14,17,20-21,40H2/t25-/m1/s1. The molecule has 240 valence electrons. The van der Waals surface area contributed by atoms with E-state index in [4.69, 9.17) is 10.5 Å². The fourth-order valence-corrected chi connectivity index (χ4v) is 6.13. The van der Waals surface area contributed by atoms with E-state index >= 15 is 0 Å². The number of hydrogen-bond donors (Lipinski definition) is 1. The number of rotatable bonds is 12. The maximum atomic E-state index is 14.5. The van der Waals surface area contributed by atoms with Crippen molar-refractivity contribution in [3.63, 3.8) is 0 Å². The molecule has 3 aromatic heterocycles. The van der Waals surface area contributed by atoms with Crippen molar-refractivity contribution in [1.82, 2.24) is 24.7 Å². The van der Waals surface area contributed by atoms with Crippen LogP contribution in [0.2, 0.25) is 0 Å². The Morgan fingerprint density at radius 3 is 2.47 bits per heavy atom. The van der Waals surface area contributed by atoms with Gasteiger partial charge in [0.2, 0.25) is 5.88 Å². The van der Waals surface area contributed by atoms with Crippen molar-refractivity contribution >= 4 is 11.5 Å². The maximum absolute atomic E-state index is 14.5. The van der Waals surface area contributed by atoms with E-state index in [-0.39, 0.29) is 43.0 Å². The van der Waals surface area contributed by atoms with Crippen molar-refractivity contribution in [2.75, 3.05) is 0 Å². The quantitative estimate of drug-likeness (QED) is 0.166. The predicted octanol–water partition coefficient (Wildman–Crippen LogP) is 6.53. The summed E-state index contributed by atoms with van der Waals surface area (Å²) in [4.78, 5) is 26.9. The van der Waals surface area contributed by atoms with Crippen LogP contribution in [0.25, 0.3) is 16.8 Å². The van der Waals surface area contributed by atoms with Crippen LogP contribution >= 0.6 is 0 Å². The lowest BCUT2D eigenvalue weighted by Gasteiger charge is -2.20. The second-order valence-corrected chi connectivity index (χ2v) is 11.6. The monoisotopic (exact) mass is 638 g/mol. The minimum absolute atomic E-state index is 0.00245. The Kier molecular flexibility index (Phi) is 9.42. The number of halogens is 3. The minimum atomic E-state index is -0.715. The van der Waals surface area contributed by atoms with Gasteiger partial charge in [-0.3, -0.25) is 14.5 Å². The van der Waals surface area contributed by atoms with E-state index in [1.807, 2.05) is 6.07 Å². The number of nitrogens with zero attached hydrogens (tertiary/aromatic N) is 5. The van der Waals surface area contributed by atoms with Crippen LogP contribution in [0.1, 0.15) is 59.1 Å². The van der Waals surface area contributed by atoms with E-state index in [2.05, 4.69) is 26.6 Å². The Labute approximate surface area is 270 Å². The van der Waals surface area contributed by atoms with Crippen LogP contribution in [-0.4, -0.2) is 30.5 Å². The third-order valence-electron chi connectivity index (χ3n) is 8.23. The van der Waals surface area contributed by atoms with E-state index < -0.39 is 23.4 Å². The number of carbonyl (C=O) groups excluding carboxylic acids is 1. The first-order chi connectivity index (χ1) is 22.7. The summed E-state index contributed by atoms with van der Waals surface area (Å²) in [5, 5.41) is 4.68. The molecule has 0 radical (unpaired) electrons. The van der Waals surface area contributed by atoms with E-state index in [1.165, 1.54) is 18.2 Å². The summed E-state index contributed by atoms with van der Waals surface area (Å²) < 4.78 is 50.7. The molecule has 0 aliphatic heterocycles. The summed E-state index contributed by atoms with van der Waals surface area (Å²) in [6.07, 6.45) is 8.51. The number of ether oxygens (including phenoxy) is 1. The molecule has 1 aliphatic carbocycles. The van der Waals surface area contributed by atoms with Gasteiger partial charge in [-0.15, -0.1) is 5.10 Å². The summed E-state index contributed by atoms with van der Waals surface area (Å²) in [5.41, 5.74) is 10.2. The lowest BCUT2D eigenvalue weighted by atomic mass is 9.86. The molecule has 0 saturated heterocycles. The number of nitrogens with two attached hydrogens (primary N) is 1. The van der Waals surface area contributed by atoms with E-state index in [0.29, 0.717) is 34.1 Å². The molecule has 2 aromatic carbocycles. The van der Waals surface area contributed by atoms with E-state index in [9.17, 15) is 18.0 Å². The van der Waals surface area contributed by atoms with Crippen LogP contribution < -0.4 is 10.5 Å². The molecular formula is C36H33F3N6O2. The van der Waals surface area contributed by atoms with Gasteiger partial charge < -0.3 is 10.5 Å². The number of carbonyl (C=O) groups is 1. The van der Waals surface area contributed by atoms with E-state index in [0.717, 1.165) is 43.0 Å². The third-order valence-corrected chi connectivity index (χ3v) is 8.23. The zero-order chi connectivity index (χ0) is 32.9. The van der Waals surface area contributed by atoms with Crippen molar-refractivity contribution in [3.05, 3.63) is 131 Å². The molecule has 0 bridgehead atoms. The fourth-order valence-electron chi connectivity index (χ4n) is 6.13. The molecule has 3 heterocycles. The zero-order valence-corrected chi connectivity index (χ0v) is 25.6. The van der Waals surface area contributed by atoms with Crippen LogP contribution in [-0.2, 0) is 37.2 Å². The van der Waals surface area contributed by atoms with Crippen LogP contribution in [0.3, 0.4) is 0 Å². The molecule has 0 amide bonds. The Hall–Kier alpha value is -5.32. The van der Waals surface area contributed by atoms with E-state index in [1.54, 1.807) is 47.5 Å². The number of hydrogen-bond acceptors (Lipinski definition) is 7. The SMILES string of the molecule is C=C(N)c1cc(-c2cccnc2[C@@H](CC(=O)Cn2nc(OCc3ncccn3)c3c2CCCC3)Cc2cc(F)cc(F)c2)ccc1F. The van der Waals surface area contributed by atoms with Gasteiger partial charge in [-0.05, 0) is 79.6 Å². The molecule has 5 aromatic rings. The van der Waals surface area contributed by atoms with Gasteiger partial charge in [0.25, 0.3) is 0 Å². The number of ketones is 1. The summed E-state index contributed by atoms with van der Waals surface area (Å²) in [6.45, 7) is 3.80. The van der Waals surface area contributed by atoms with Gasteiger partial charge in [-0.25, -0.2) is 23.1 Å². The average molecular weight is 639 g/mol. The molecule has 11 heteroatoms. The zero-order valence-electron chi connectivity index (χ0n) is 25.6. The molecule has 1 aliphatic rings. The van der Waals surface area contributed by atoms with Crippen molar-refractivity contribution in [2.45, 2.75) is 57.6 Å². The second kappa shape index (κ2) is 14.0. The molecule has 8 nitrogen and oxygen atoms in total. The fraction of sp³-hybridized carbons (Fsp3) is 0.250. The number of pyridine rings is 1. The number of Topliss-reactive ketones (excluding diaryl/α,β-unsaturated/α-hetero) is 1. The minimum Gasteiger partial charge on any atom is -0.468 e. The van der Waals surface area contributed by atoms with Gasteiger partial charge in [0, 0.05) is 65.1 Å². The highest BCUT2D eigenvalue weighted by Crippen LogP contribution is 2.35. The first-order valence-electron chi connectivity index (χ1n) is 15.4. The van der Waals surface area contributed by atoms with Crippen molar-refractivity contribution < 1.29 is 22.7 Å². The molecular weight excluding hydrogens is 605 g/mol. The third kappa shape index (κ3) is 7.40. The summed E-state index contributed by atoms with van der Waals surface area (Å²) in [5.74, 6) is -1.68. The summed E-state index contributed by atoms with van der Waals surface area (Å²) in [6, 6.07) is 13.1. The number of aromatic nitrogens is 5. The molecule has 0 fully saturated rings. The van der Waals surface area contributed by atoms with Gasteiger partial charge in [0.05, 0.1) is 12.2 Å². The molecule has 2 N–H and O–H groups in total. The van der Waals surface area contributed by atoms with Gasteiger partial charge in [0.1, 0.15) is 24.1 Å². The molecule has 0 spiro atoms. The Morgan fingerprint density at radius 1 is 0.957 bits per heavy atom. The molecule has 1 atom stereocenters. The molecule has 6 rings (SSSR count). The Balaban J connectivity index is 1.31. The summed E-state index contributed by atoms with van der Waals surface area (Å²) >= 11 is 0. The highest BCUT2D eigenvalue weighted by atomic mass is 19.1. The molecule has 0 saturated carbocycles. The smallest absolute Gasteiger partial charge is 0.236 e. The average Bonchev–Trinajstić information content (AvgIpc) is 3.40. The van der Waals surface area contributed by atoms with Crippen LogP contribution in [0.4, 0.5) is 13.2 Å². The number of benzene rings is 2. The van der Waals surface area contributed by atoms with Crippen molar-refractivity contribution in [2.24, 2.45) is 5.73 Å². The van der Waals surface area contributed by atoms with Gasteiger partial charge in [-0.1, -0.05) is 18.7 Å². The normalized spacial score (nSPS) is 13.2. The highest BCUT2D eigenvalue weighted by molar-refractivity contribution is 5.80. The lowest BCUT2D eigenvalue weighted by molar-refractivity contribution is -0.120. The summed E-state index contributed by atoms with van der Waals surface area (Å²) in [7, 11) is 0. The topological polar surface area (TPSA) is 109 Å². The molecule has 47 heavy (non-hydrogen) atoms. The largest absolute Gasteiger partial charge is 0.468 e. The Morgan fingerprint density at radius 2 is 1.70 bits per heavy atom. The van der Waals surface area contributed by atoms with Crippen LogP contribution in [0, 0.1) is 17.5 Å². The predicted molar refractivity (Wildman–Crippen MR) is 171 cm³/mol. The maximum Gasteiger partial charge on any atom is 0.236 e. The van der Waals surface area contributed by atoms with Crippen molar-refractivity contribution in [1.29, 1.82) is 0 Å². The van der Waals surface area contributed by atoms with Crippen LogP contribution in [0.15, 0.2) is 79.8 Å². The highest BCUT2D eigenvalue weighted by Gasteiger charge is 2.26. The Bertz CT molecular complexity index is 1910. The van der Waals surface area contributed by atoms with Crippen molar-refractivity contribution in [3.8, 4) is 17.0 Å².